The maximum Gasteiger partial charge on any atom is 0.245 e. The Morgan fingerprint density at radius 2 is 1.37 bits per heavy atom. The third-order valence-electron chi connectivity index (χ3n) is 4.78. The highest BCUT2D eigenvalue weighted by Crippen LogP contribution is 2.40. The van der Waals surface area contributed by atoms with Crippen LogP contribution in [0.25, 0.3) is 0 Å². The van der Waals surface area contributed by atoms with Crippen molar-refractivity contribution in [1.29, 1.82) is 0 Å². The Kier molecular flexibility index (Phi) is 4.83. The minimum atomic E-state index is -3.69. The van der Waals surface area contributed by atoms with E-state index in [0.717, 1.165) is 16.7 Å². The first-order valence-electron chi connectivity index (χ1n) is 8.89. The Labute approximate surface area is 160 Å². The minimum absolute atomic E-state index is 0.278. The summed E-state index contributed by atoms with van der Waals surface area (Å²) in [7, 11) is -3.69. The van der Waals surface area contributed by atoms with Crippen LogP contribution in [0.1, 0.15) is 29.0 Å². The summed E-state index contributed by atoms with van der Waals surface area (Å²) in [5, 5.41) is 0. The second-order valence-electron chi connectivity index (χ2n) is 6.69. The molecule has 3 aromatic carbocycles. The number of hydrogen-bond donors (Lipinski definition) is 0. The van der Waals surface area contributed by atoms with E-state index in [4.69, 9.17) is 4.74 Å². The third kappa shape index (κ3) is 3.54. The Bertz CT molecular complexity index is 1000. The highest BCUT2D eigenvalue weighted by molar-refractivity contribution is 7.89. The fourth-order valence-electron chi connectivity index (χ4n) is 3.31. The van der Waals surface area contributed by atoms with Crippen LogP contribution in [-0.2, 0) is 14.8 Å². The van der Waals surface area contributed by atoms with Crippen LogP contribution in [0, 0.1) is 6.92 Å². The topological polar surface area (TPSA) is 46.6 Å². The van der Waals surface area contributed by atoms with Gasteiger partial charge in [-0.15, -0.1) is 0 Å². The number of benzene rings is 3. The summed E-state index contributed by atoms with van der Waals surface area (Å²) in [5.74, 6) is 0. The number of rotatable bonds is 4. The van der Waals surface area contributed by atoms with Crippen molar-refractivity contribution in [2.24, 2.45) is 0 Å². The van der Waals surface area contributed by atoms with Gasteiger partial charge in [-0.1, -0.05) is 78.4 Å². The van der Waals surface area contributed by atoms with Gasteiger partial charge in [-0.25, -0.2) is 8.42 Å². The molecule has 2 atom stereocenters. The van der Waals surface area contributed by atoms with Gasteiger partial charge in [-0.3, -0.25) is 0 Å². The molecule has 0 N–H and O–H groups in total. The van der Waals surface area contributed by atoms with Gasteiger partial charge in [0, 0.05) is 6.54 Å². The molecule has 1 heterocycles. The molecule has 0 radical (unpaired) electrons. The first kappa shape index (κ1) is 17.9. The number of aryl methyl sites for hydroxylation is 1. The Hall–Kier alpha value is -2.47. The third-order valence-corrected chi connectivity index (χ3v) is 6.61. The summed E-state index contributed by atoms with van der Waals surface area (Å²) in [5.41, 5.74) is 2.82. The lowest BCUT2D eigenvalue weighted by molar-refractivity contribution is 0.0202. The summed E-state index contributed by atoms with van der Waals surface area (Å²) < 4.78 is 34.4. The van der Waals surface area contributed by atoms with Gasteiger partial charge in [-0.2, -0.15) is 4.31 Å². The predicted molar refractivity (Wildman–Crippen MR) is 105 cm³/mol. The van der Waals surface area contributed by atoms with Crippen molar-refractivity contribution < 1.29 is 13.2 Å². The minimum Gasteiger partial charge on any atom is -0.349 e. The van der Waals surface area contributed by atoms with E-state index in [9.17, 15) is 8.42 Å². The number of nitrogens with zero attached hydrogens (tertiary/aromatic N) is 1. The van der Waals surface area contributed by atoms with Crippen LogP contribution in [0.3, 0.4) is 0 Å². The van der Waals surface area contributed by atoms with Gasteiger partial charge in [0.2, 0.25) is 10.0 Å². The van der Waals surface area contributed by atoms with Crippen molar-refractivity contribution in [3.05, 3.63) is 102 Å². The number of hydrogen-bond acceptors (Lipinski definition) is 3. The molecule has 0 bridgehead atoms. The van der Waals surface area contributed by atoms with E-state index >= 15 is 0 Å². The molecule has 0 amide bonds. The first-order chi connectivity index (χ1) is 13.1. The maximum atomic E-state index is 13.4. The molecule has 0 aromatic heterocycles. The van der Waals surface area contributed by atoms with E-state index in [1.807, 2.05) is 79.7 Å². The Morgan fingerprint density at radius 1 is 0.815 bits per heavy atom. The highest BCUT2D eigenvalue weighted by Gasteiger charge is 2.42. The van der Waals surface area contributed by atoms with Crippen molar-refractivity contribution in [3.8, 4) is 0 Å². The number of sulfonamides is 1. The average Bonchev–Trinajstić information content (AvgIpc) is 3.16. The molecule has 1 aliphatic heterocycles. The molecule has 1 fully saturated rings. The number of ether oxygens (including phenoxy) is 1. The quantitative estimate of drug-likeness (QED) is 0.673. The van der Waals surface area contributed by atoms with Crippen LogP contribution in [-0.4, -0.2) is 19.3 Å². The zero-order valence-corrected chi connectivity index (χ0v) is 15.8. The molecule has 0 spiro atoms. The van der Waals surface area contributed by atoms with Gasteiger partial charge in [0.15, 0.2) is 6.23 Å². The van der Waals surface area contributed by atoms with Gasteiger partial charge >= 0.3 is 0 Å². The van der Waals surface area contributed by atoms with E-state index < -0.39 is 16.3 Å². The van der Waals surface area contributed by atoms with Crippen molar-refractivity contribution >= 4 is 10.0 Å². The molecule has 4 nitrogen and oxygen atoms in total. The highest BCUT2D eigenvalue weighted by atomic mass is 32.2. The lowest BCUT2D eigenvalue weighted by atomic mass is 10.1. The second kappa shape index (κ2) is 7.27. The molecular formula is C22H21NO3S. The molecule has 0 aliphatic carbocycles. The van der Waals surface area contributed by atoms with Crippen LogP contribution < -0.4 is 0 Å². The molecule has 0 saturated carbocycles. The molecule has 1 saturated heterocycles. The fraction of sp³-hybridized carbons (Fsp3) is 0.182. The summed E-state index contributed by atoms with van der Waals surface area (Å²) in [6, 6.07) is 26.2. The van der Waals surface area contributed by atoms with Crippen LogP contribution in [0.5, 0.6) is 0 Å². The lowest BCUT2D eigenvalue weighted by Crippen LogP contribution is -2.31. The molecule has 4 rings (SSSR count). The van der Waals surface area contributed by atoms with E-state index in [0.29, 0.717) is 0 Å². The fourth-order valence-corrected chi connectivity index (χ4v) is 4.82. The largest absolute Gasteiger partial charge is 0.349 e. The molecule has 5 heteroatoms. The van der Waals surface area contributed by atoms with E-state index in [1.54, 1.807) is 12.1 Å². The second-order valence-corrected chi connectivity index (χ2v) is 8.58. The van der Waals surface area contributed by atoms with E-state index in [2.05, 4.69) is 0 Å². The van der Waals surface area contributed by atoms with Crippen LogP contribution in [0.2, 0.25) is 0 Å². The SMILES string of the molecule is Cc1ccc(S(=O)(=O)N2CC(c3ccccc3)O[C@H]2c2ccccc2)cc1. The average molecular weight is 379 g/mol. The zero-order valence-electron chi connectivity index (χ0n) is 15.0. The molecule has 27 heavy (non-hydrogen) atoms. The van der Waals surface area contributed by atoms with Gasteiger partial charge < -0.3 is 4.74 Å². The summed E-state index contributed by atoms with van der Waals surface area (Å²) in [6.45, 7) is 2.22. The van der Waals surface area contributed by atoms with E-state index in [1.165, 1.54) is 4.31 Å². The smallest absolute Gasteiger partial charge is 0.245 e. The maximum absolute atomic E-state index is 13.4. The molecular weight excluding hydrogens is 358 g/mol. The summed E-state index contributed by atoms with van der Waals surface area (Å²) >= 11 is 0. The molecule has 138 valence electrons. The van der Waals surface area contributed by atoms with Gasteiger partial charge in [0.25, 0.3) is 0 Å². The zero-order chi connectivity index (χ0) is 18.9. The molecule has 3 aromatic rings. The summed E-state index contributed by atoms with van der Waals surface area (Å²) in [6.07, 6.45) is -0.959. The van der Waals surface area contributed by atoms with Crippen molar-refractivity contribution in [3.63, 3.8) is 0 Å². The van der Waals surface area contributed by atoms with Crippen LogP contribution in [0.4, 0.5) is 0 Å². The van der Waals surface area contributed by atoms with Gasteiger partial charge in [0.05, 0.1) is 11.0 Å². The summed E-state index contributed by atoms with van der Waals surface area (Å²) in [4.78, 5) is 0.284. The Morgan fingerprint density at radius 3 is 1.96 bits per heavy atom. The van der Waals surface area contributed by atoms with Gasteiger partial charge in [0.1, 0.15) is 0 Å². The normalized spacial score (nSPS) is 20.6. The molecule has 1 unspecified atom stereocenters. The first-order valence-corrected chi connectivity index (χ1v) is 10.3. The van der Waals surface area contributed by atoms with Crippen molar-refractivity contribution in [1.82, 2.24) is 4.31 Å². The predicted octanol–water partition coefficient (Wildman–Crippen LogP) is 4.46. The van der Waals surface area contributed by atoms with Crippen LogP contribution >= 0.6 is 0 Å². The van der Waals surface area contributed by atoms with Crippen LogP contribution in [0.15, 0.2) is 89.8 Å². The van der Waals surface area contributed by atoms with Crippen molar-refractivity contribution in [2.45, 2.75) is 24.2 Å². The Balaban J connectivity index is 1.74. The van der Waals surface area contributed by atoms with Gasteiger partial charge in [-0.05, 0) is 30.2 Å². The standard InChI is InChI=1S/C22H21NO3S/c1-17-12-14-20(15-13-17)27(24,25)23-16-21(18-8-4-2-5-9-18)26-22(23)19-10-6-3-7-11-19/h2-15,21-22H,16H2,1H3/t21?,22-/m0/s1. The lowest BCUT2D eigenvalue weighted by Gasteiger charge is -2.22. The van der Waals surface area contributed by atoms with Crippen molar-refractivity contribution in [2.75, 3.05) is 6.54 Å². The van der Waals surface area contributed by atoms with E-state index in [-0.39, 0.29) is 17.5 Å². The monoisotopic (exact) mass is 379 g/mol. The molecule has 1 aliphatic rings.